The maximum absolute atomic E-state index is 8.37. The van der Waals surface area contributed by atoms with Crippen LogP contribution in [0.2, 0.25) is 0 Å². The number of nitriles is 1. The molecule has 0 aromatic rings. The standard InChI is InChI=1S/C7H13ClN2O/c1-10(3-4-11-2)6-7(8)5-9/h7H,3-4,6H2,1-2H3. The van der Waals surface area contributed by atoms with Gasteiger partial charge in [0.2, 0.25) is 0 Å². The van der Waals surface area contributed by atoms with E-state index in [0.717, 1.165) is 6.54 Å². The second kappa shape index (κ2) is 6.41. The minimum atomic E-state index is -0.420. The fourth-order valence-electron chi connectivity index (χ4n) is 0.653. The Kier molecular flexibility index (Phi) is 6.24. The number of hydrogen-bond donors (Lipinski definition) is 0. The number of ether oxygens (including phenoxy) is 1. The van der Waals surface area contributed by atoms with Crippen molar-refractivity contribution in [3.05, 3.63) is 0 Å². The Bertz CT molecular complexity index is 135. The predicted octanol–water partition coefficient (Wildman–Crippen LogP) is 0.696. The third kappa shape index (κ3) is 6.11. The van der Waals surface area contributed by atoms with Crippen LogP contribution in [0.5, 0.6) is 0 Å². The first kappa shape index (κ1) is 10.7. The number of halogens is 1. The number of methoxy groups -OCH3 is 1. The van der Waals surface area contributed by atoms with Gasteiger partial charge in [0.25, 0.3) is 0 Å². The number of hydrogen-bond acceptors (Lipinski definition) is 3. The molecule has 3 nitrogen and oxygen atoms in total. The van der Waals surface area contributed by atoms with E-state index in [1.807, 2.05) is 18.0 Å². The van der Waals surface area contributed by atoms with E-state index in [2.05, 4.69) is 0 Å². The van der Waals surface area contributed by atoms with Crippen LogP contribution in [-0.2, 0) is 4.74 Å². The van der Waals surface area contributed by atoms with Gasteiger partial charge in [-0.05, 0) is 7.05 Å². The predicted molar refractivity (Wildman–Crippen MR) is 44.6 cm³/mol. The largest absolute Gasteiger partial charge is 0.383 e. The molecule has 0 radical (unpaired) electrons. The van der Waals surface area contributed by atoms with Crippen molar-refractivity contribution in [3.8, 4) is 6.07 Å². The van der Waals surface area contributed by atoms with Crippen molar-refractivity contribution >= 4 is 11.6 Å². The van der Waals surface area contributed by atoms with E-state index in [-0.39, 0.29) is 0 Å². The molecule has 4 heteroatoms. The van der Waals surface area contributed by atoms with E-state index in [9.17, 15) is 0 Å². The molecule has 1 atom stereocenters. The van der Waals surface area contributed by atoms with Crippen LogP contribution in [0.25, 0.3) is 0 Å². The first-order chi connectivity index (χ1) is 5.20. The fourth-order valence-corrected chi connectivity index (χ4v) is 0.888. The summed E-state index contributed by atoms with van der Waals surface area (Å²) < 4.78 is 4.86. The van der Waals surface area contributed by atoms with E-state index in [1.54, 1.807) is 7.11 Å². The summed E-state index contributed by atoms with van der Waals surface area (Å²) in [6.45, 7) is 2.06. The Balaban J connectivity index is 3.37. The van der Waals surface area contributed by atoms with Gasteiger partial charge in [0.05, 0.1) is 12.7 Å². The van der Waals surface area contributed by atoms with Crippen LogP contribution in [0.1, 0.15) is 0 Å². The van der Waals surface area contributed by atoms with Crippen LogP contribution in [0.4, 0.5) is 0 Å². The molecule has 0 aliphatic heterocycles. The molecule has 0 aliphatic carbocycles. The maximum atomic E-state index is 8.37. The highest BCUT2D eigenvalue weighted by atomic mass is 35.5. The lowest BCUT2D eigenvalue weighted by molar-refractivity contribution is 0.162. The van der Waals surface area contributed by atoms with E-state index in [4.69, 9.17) is 21.6 Å². The third-order valence-electron chi connectivity index (χ3n) is 1.29. The van der Waals surface area contributed by atoms with Crippen molar-refractivity contribution in [2.75, 3.05) is 33.9 Å². The van der Waals surface area contributed by atoms with Gasteiger partial charge >= 0.3 is 0 Å². The van der Waals surface area contributed by atoms with Gasteiger partial charge in [-0.25, -0.2) is 0 Å². The Morgan fingerprint density at radius 1 is 1.73 bits per heavy atom. The summed E-state index contributed by atoms with van der Waals surface area (Å²) in [6, 6.07) is 1.96. The van der Waals surface area contributed by atoms with Crippen LogP contribution >= 0.6 is 11.6 Å². The zero-order valence-corrected chi connectivity index (χ0v) is 7.64. The number of alkyl halides is 1. The molecule has 0 aromatic carbocycles. The summed E-state index contributed by atoms with van der Waals surface area (Å²) in [4.78, 5) is 1.96. The summed E-state index contributed by atoms with van der Waals surface area (Å²) in [6.07, 6.45) is 0. The molecule has 11 heavy (non-hydrogen) atoms. The molecule has 0 N–H and O–H groups in total. The van der Waals surface area contributed by atoms with Crippen LogP contribution in [0.3, 0.4) is 0 Å². The van der Waals surface area contributed by atoms with E-state index >= 15 is 0 Å². The summed E-state index contributed by atoms with van der Waals surface area (Å²) in [5.41, 5.74) is 0. The van der Waals surface area contributed by atoms with Crippen molar-refractivity contribution in [1.29, 1.82) is 5.26 Å². The second-order valence-corrected chi connectivity index (χ2v) is 2.88. The highest BCUT2D eigenvalue weighted by Crippen LogP contribution is 1.95. The lowest BCUT2D eigenvalue weighted by atomic mass is 10.4. The summed E-state index contributed by atoms with van der Waals surface area (Å²) >= 11 is 5.60. The third-order valence-corrected chi connectivity index (χ3v) is 1.52. The Morgan fingerprint density at radius 3 is 2.82 bits per heavy atom. The van der Waals surface area contributed by atoms with Gasteiger partial charge in [-0.1, -0.05) is 0 Å². The Morgan fingerprint density at radius 2 is 2.36 bits per heavy atom. The maximum Gasteiger partial charge on any atom is 0.133 e. The first-order valence-electron chi connectivity index (χ1n) is 3.42. The van der Waals surface area contributed by atoms with Gasteiger partial charge < -0.3 is 9.64 Å². The van der Waals surface area contributed by atoms with Crippen molar-refractivity contribution in [2.45, 2.75) is 5.38 Å². The normalized spacial score (nSPS) is 13.0. The number of likely N-dealkylation sites (N-methyl/N-ethyl adjacent to an activating group) is 1. The molecular formula is C7H13ClN2O. The van der Waals surface area contributed by atoms with Crippen LogP contribution < -0.4 is 0 Å². The van der Waals surface area contributed by atoms with Crippen molar-refractivity contribution in [3.63, 3.8) is 0 Å². The lowest BCUT2D eigenvalue weighted by Gasteiger charge is -2.15. The minimum absolute atomic E-state index is 0.420. The lowest BCUT2D eigenvalue weighted by Crippen LogP contribution is -2.28. The average molecular weight is 177 g/mol. The van der Waals surface area contributed by atoms with Crippen LogP contribution in [0, 0.1) is 11.3 Å². The average Bonchev–Trinajstić information content (AvgIpc) is 2.00. The molecule has 0 fully saturated rings. The second-order valence-electron chi connectivity index (χ2n) is 2.35. The van der Waals surface area contributed by atoms with Gasteiger partial charge in [-0.15, -0.1) is 11.6 Å². The van der Waals surface area contributed by atoms with Crippen LogP contribution in [-0.4, -0.2) is 44.1 Å². The van der Waals surface area contributed by atoms with E-state index in [0.29, 0.717) is 13.2 Å². The van der Waals surface area contributed by atoms with Gasteiger partial charge in [0.1, 0.15) is 5.38 Å². The Labute approximate surface area is 72.5 Å². The molecule has 0 aliphatic rings. The van der Waals surface area contributed by atoms with Crippen LogP contribution in [0.15, 0.2) is 0 Å². The molecule has 0 saturated carbocycles. The summed E-state index contributed by atoms with van der Waals surface area (Å²) in [5, 5.41) is 7.95. The molecule has 0 saturated heterocycles. The van der Waals surface area contributed by atoms with Gasteiger partial charge in [0, 0.05) is 20.2 Å². The molecule has 0 amide bonds. The van der Waals surface area contributed by atoms with E-state index < -0.39 is 5.38 Å². The highest BCUT2D eigenvalue weighted by molar-refractivity contribution is 6.22. The fraction of sp³-hybridized carbons (Fsp3) is 0.857. The molecule has 0 spiro atoms. The summed E-state index contributed by atoms with van der Waals surface area (Å²) in [5.74, 6) is 0. The smallest absolute Gasteiger partial charge is 0.133 e. The first-order valence-corrected chi connectivity index (χ1v) is 3.85. The van der Waals surface area contributed by atoms with Crippen molar-refractivity contribution in [2.24, 2.45) is 0 Å². The molecule has 0 bridgehead atoms. The van der Waals surface area contributed by atoms with Gasteiger partial charge in [-0.2, -0.15) is 5.26 Å². The molecule has 64 valence electrons. The van der Waals surface area contributed by atoms with E-state index in [1.165, 1.54) is 0 Å². The molecular weight excluding hydrogens is 164 g/mol. The molecule has 0 heterocycles. The number of rotatable bonds is 5. The van der Waals surface area contributed by atoms with Crippen molar-refractivity contribution in [1.82, 2.24) is 4.90 Å². The SMILES string of the molecule is COCCN(C)CC(Cl)C#N. The topological polar surface area (TPSA) is 36.3 Å². The monoisotopic (exact) mass is 176 g/mol. The molecule has 0 aromatic heterocycles. The number of nitrogens with zero attached hydrogens (tertiary/aromatic N) is 2. The highest BCUT2D eigenvalue weighted by Gasteiger charge is 2.05. The van der Waals surface area contributed by atoms with Gasteiger partial charge in [0.15, 0.2) is 0 Å². The summed E-state index contributed by atoms with van der Waals surface area (Å²) in [7, 11) is 3.56. The zero-order chi connectivity index (χ0) is 8.69. The quantitative estimate of drug-likeness (QED) is 0.579. The van der Waals surface area contributed by atoms with Gasteiger partial charge in [-0.3, -0.25) is 0 Å². The molecule has 0 rings (SSSR count). The zero-order valence-electron chi connectivity index (χ0n) is 6.88. The molecule has 1 unspecified atom stereocenters. The van der Waals surface area contributed by atoms with Crippen molar-refractivity contribution < 1.29 is 4.74 Å². The minimum Gasteiger partial charge on any atom is -0.383 e. The Hall–Kier alpha value is -0.300.